The van der Waals surface area contributed by atoms with Gasteiger partial charge in [0.1, 0.15) is 18.2 Å². The van der Waals surface area contributed by atoms with Gasteiger partial charge in [0.2, 0.25) is 11.8 Å². The number of carbonyl (C=O) groups excluding carboxylic acids is 3. The molecule has 1 N–H and O–H groups in total. The van der Waals surface area contributed by atoms with E-state index < -0.39 is 5.82 Å². The lowest BCUT2D eigenvalue weighted by Gasteiger charge is -2.13. The van der Waals surface area contributed by atoms with Crippen LogP contribution in [0.1, 0.15) is 34.5 Å². The molecule has 4 rings (SSSR count). The van der Waals surface area contributed by atoms with Crippen molar-refractivity contribution in [3.05, 3.63) is 64.8 Å². The molecule has 1 fully saturated rings. The largest absolute Gasteiger partial charge is 0.489 e. The van der Waals surface area contributed by atoms with Gasteiger partial charge < -0.3 is 10.1 Å². The van der Waals surface area contributed by atoms with Crippen LogP contribution in [0.15, 0.2) is 48.5 Å². The standard InChI is InChI=1S/C23H21FN2O4S/c24-17-8-4-9-18-21(17)16(14-30-15-6-2-1-3-7-15)22(31-18)23(29)25-12-5-13-26-19(27)10-11-20(26)28/h1-4,6-9H,5,10-14H2,(H,25,29). The smallest absolute Gasteiger partial charge is 0.261 e. The molecule has 1 aliphatic heterocycles. The molecule has 0 saturated carbocycles. The van der Waals surface area contributed by atoms with Gasteiger partial charge in [-0.25, -0.2) is 4.39 Å². The number of hydrogen-bond donors (Lipinski definition) is 1. The van der Waals surface area contributed by atoms with Crippen molar-refractivity contribution in [2.45, 2.75) is 25.9 Å². The van der Waals surface area contributed by atoms with Gasteiger partial charge in [0.05, 0.1) is 4.88 Å². The maximum Gasteiger partial charge on any atom is 0.261 e. The van der Waals surface area contributed by atoms with Crippen LogP contribution >= 0.6 is 11.3 Å². The number of amides is 3. The molecule has 1 aliphatic rings. The Hall–Kier alpha value is -3.26. The Morgan fingerprint density at radius 2 is 1.81 bits per heavy atom. The molecule has 0 unspecified atom stereocenters. The van der Waals surface area contributed by atoms with Crippen molar-refractivity contribution in [1.82, 2.24) is 10.2 Å². The number of para-hydroxylation sites is 1. The molecule has 31 heavy (non-hydrogen) atoms. The summed E-state index contributed by atoms with van der Waals surface area (Å²) in [5.41, 5.74) is 0.504. The molecule has 160 valence electrons. The highest BCUT2D eigenvalue weighted by Gasteiger charge is 2.28. The molecular weight excluding hydrogens is 419 g/mol. The van der Waals surface area contributed by atoms with Crippen LogP contribution in [0.3, 0.4) is 0 Å². The molecule has 3 aromatic rings. The van der Waals surface area contributed by atoms with Crippen molar-refractivity contribution >= 4 is 39.1 Å². The van der Waals surface area contributed by atoms with Gasteiger partial charge in [-0.1, -0.05) is 24.3 Å². The second kappa shape index (κ2) is 9.26. The Bertz CT molecular complexity index is 1110. The lowest BCUT2D eigenvalue weighted by atomic mass is 10.1. The molecular formula is C23H21FN2O4S. The van der Waals surface area contributed by atoms with E-state index in [1.165, 1.54) is 22.3 Å². The Kier molecular flexibility index (Phi) is 6.27. The van der Waals surface area contributed by atoms with E-state index in [0.29, 0.717) is 39.2 Å². The van der Waals surface area contributed by atoms with E-state index >= 15 is 0 Å². The van der Waals surface area contributed by atoms with Gasteiger partial charge in [-0.15, -0.1) is 11.3 Å². The van der Waals surface area contributed by atoms with Gasteiger partial charge in [-0.3, -0.25) is 19.3 Å². The van der Waals surface area contributed by atoms with Crippen LogP contribution < -0.4 is 10.1 Å². The third kappa shape index (κ3) is 4.59. The van der Waals surface area contributed by atoms with E-state index in [2.05, 4.69) is 5.32 Å². The Balaban J connectivity index is 1.46. The van der Waals surface area contributed by atoms with Gasteiger partial charge in [0.15, 0.2) is 0 Å². The number of halogens is 1. The maximum absolute atomic E-state index is 14.6. The summed E-state index contributed by atoms with van der Waals surface area (Å²) in [6, 6.07) is 13.9. The molecule has 3 amide bonds. The van der Waals surface area contributed by atoms with Gasteiger partial charge in [-0.2, -0.15) is 0 Å². The number of hydrogen-bond acceptors (Lipinski definition) is 5. The number of likely N-dealkylation sites (tertiary alicyclic amines) is 1. The molecule has 2 aromatic carbocycles. The Morgan fingerprint density at radius 3 is 2.55 bits per heavy atom. The summed E-state index contributed by atoms with van der Waals surface area (Å²) < 4.78 is 21.0. The number of imide groups is 1. The Labute approximate surface area is 182 Å². The minimum Gasteiger partial charge on any atom is -0.489 e. The minimum absolute atomic E-state index is 0.0600. The number of nitrogens with one attached hydrogen (secondary N) is 1. The van der Waals surface area contributed by atoms with Crippen molar-refractivity contribution in [2.75, 3.05) is 13.1 Å². The molecule has 8 heteroatoms. The van der Waals surface area contributed by atoms with Gasteiger partial charge in [0.25, 0.3) is 5.91 Å². The molecule has 2 heterocycles. The summed E-state index contributed by atoms with van der Waals surface area (Å²) in [6.45, 7) is 0.638. The number of rotatable bonds is 8. The van der Waals surface area contributed by atoms with Gasteiger partial charge >= 0.3 is 0 Å². The van der Waals surface area contributed by atoms with Crippen molar-refractivity contribution < 1.29 is 23.5 Å². The second-order valence-electron chi connectivity index (χ2n) is 7.17. The highest BCUT2D eigenvalue weighted by Crippen LogP contribution is 2.34. The fourth-order valence-electron chi connectivity index (χ4n) is 3.55. The zero-order chi connectivity index (χ0) is 21.8. The molecule has 1 saturated heterocycles. The van der Waals surface area contributed by atoms with E-state index in [1.54, 1.807) is 24.3 Å². The monoisotopic (exact) mass is 440 g/mol. The van der Waals surface area contributed by atoms with Crippen molar-refractivity contribution in [3.63, 3.8) is 0 Å². The first kappa shape index (κ1) is 21.0. The van der Waals surface area contributed by atoms with E-state index in [9.17, 15) is 18.8 Å². The van der Waals surface area contributed by atoms with Gasteiger partial charge in [-0.05, 0) is 30.7 Å². The molecule has 6 nitrogen and oxygen atoms in total. The van der Waals surface area contributed by atoms with Crippen LogP contribution in [0.25, 0.3) is 10.1 Å². The van der Waals surface area contributed by atoms with Gasteiger partial charge in [0, 0.05) is 41.6 Å². The summed E-state index contributed by atoms with van der Waals surface area (Å²) in [4.78, 5) is 37.8. The molecule has 0 aliphatic carbocycles. The zero-order valence-corrected chi connectivity index (χ0v) is 17.5. The third-order valence-electron chi connectivity index (χ3n) is 5.09. The summed E-state index contributed by atoms with van der Waals surface area (Å²) in [7, 11) is 0. The molecule has 0 atom stereocenters. The van der Waals surface area contributed by atoms with Crippen molar-refractivity contribution in [3.8, 4) is 5.75 Å². The highest BCUT2D eigenvalue weighted by molar-refractivity contribution is 7.21. The predicted octanol–water partition coefficient (Wildman–Crippen LogP) is 3.89. The average molecular weight is 440 g/mol. The molecule has 0 spiro atoms. The fourth-order valence-corrected chi connectivity index (χ4v) is 4.69. The molecule has 1 aromatic heterocycles. The predicted molar refractivity (Wildman–Crippen MR) is 115 cm³/mol. The van der Waals surface area contributed by atoms with E-state index in [4.69, 9.17) is 4.74 Å². The average Bonchev–Trinajstić information content (AvgIpc) is 3.31. The number of fused-ring (bicyclic) bond motifs is 1. The summed E-state index contributed by atoms with van der Waals surface area (Å²) >= 11 is 1.21. The van der Waals surface area contributed by atoms with Crippen molar-refractivity contribution in [1.29, 1.82) is 0 Å². The van der Waals surface area contributed by atoms with Crippen LogP contribution in [0.5, 0.6) is 5.75 Å². The second-order valence-corrected chi connectivity index (χ2v) is 8.23. The van der Waals surface area contributed by atoms with Crippen LogP contribution in [-0.2, 0) is 16.2 Å². The number of nitrogens with zero attached hydrogens (tertiary/aromatic N) is 1. The van der Waals surface area contributed by atoms with Crippen LogP contribution in [0.4, 0.5) is 4.39 Å². The summed E-state index contributed by atoms with van der Waals surface area (Å²) in [5, 5.41) is 3.21. The summed E-state index contributed by atoms with van der Waals surface area (Å²) in [5.74, 6) is -0.435. The normalized spacial score (nSPS) is 13.8. The number of thiophene rings is 1. The van der Waals surface area contributed by atoms with E-state index in [-0.39, 0.29) is 43.7 Å². The molecule has 0 radical (unpaired) electrons. The number of carbonyl (C=O) groups is 3. The third-order valence-corrected chi connectivity index (χ3v) is 6.29. The summed E-state index contributed by atoms with van der Waals surface area (Å²) in [6.07, 6.45) is 0.963. The lowest BCUT2D eigenvalue weighted by Crippen LogP contribution is -2.33. The maximum atomic E-state index is 14.6. The highest BCUT2D eigenvalue weighted by atomic mass is 32.1. The lowest BCUT2D eigenvalue weighted by molar-refractivity contribution is -0.138. The first-order chi connectivity index (χ1) is 15.0. The van der Waals surface area contributed by atoms with Crippen LogP contribution in [-0.4, -0.2) is 35.7 Å². The fraction of sp³-hybridized carbons (Fsp3) is 0.261. The number of benzene rings is 2. The quantitative estimate of drug-likeness (QED) is 0.426. The van der Waals surface area contributed by atoms with Crippen LogP contribution in [0.2, 0.25) is 0 Å². The topological polar surface area (TPSA) is 75.7 Å². The zero-order valence-electron chi connectivity index (χ0n) is 16.7. The van der Waals surface area contributed by atoms with Crippen LogP contribution in [0, 0.1) is 5.82 Å². The first-order valence-corrected chi connectivity index (χ1v) is 10.9. The number of ether oxygens (including phenoxy) is 1. The minimum atomic E-state index is -0.398. The Morgan fingerprint density at radius 1 is 1.06 bits per heavy atom. The van der Waals surface area contributed by atoms with E-state index in [1.807, 2.05) is 18.2 Å². The van der Waals surface area contributed by atoms with Crippen molar-refractivity contribution in [2.24, 2.45) is 0 Å². The SMILES string of the molecule is O=C(NCCCN1C(=O)CCC1=O)c1sc2cccc(F)c2c1COc1ccccc1. The van der Waals surface area contributed by atoms with E-state index in [0.717, 1.165) is 0 Å². The first-order valence-electron chi connectivity index (χ1n) is 10.0. The molecule has 0 bridgehead atoms.